The fourth-order valence-electron chi connectivity index (χ4n) is 5.37. The van der Waals surface area contributed by atoms with Crippen LogP contribution in [0.25, 0.3) is 0 Å². The van der Waals surface area contributed by atoms with Gasteiger partial charge in [0.1, 0.15) is 11.6 Å². The number of hydrazine groups is 1. The van der Waals surface area contributed by atoms with Crippen LogP contribution in [-0.4, -0.2) is 97.9 Å². The third-order valence-electron chi connectivity index (χ3n) is 7.91. The molecule has 0 bridgehead atoms. The van der Waals surface area contributed by atoms with Crippen molar-refractivity contribution in [2.24, 2.45) is 0 Å². The van der Waals surface area contributed by atoms with Crippen LogP contribution in [0.1, 0.15) is 65.5 Å². The predicted molar refractivity (Wildman–Crippen MR) is 187 cm³/mol. The van der Waals surface area contributed by atoms with E-state index in [1.807, 2.05) is 32.0 Å². The van der Waals surface area contributed by atoms with Crippen LogP contribution in [0.3, 0.4) is 0 Å². The maximum absolute atomic E-state index is 14.2. The van der Waals surface area contributed by atoms with Crippen LogP contribution in [0, 0.1) is 11.6 Å². The van der Waals surface area contributed by atoms with Crippen molar-refractivity contribution in [3.8, 4) is 0 Å². The van der Waals surface area contributed by atoms with Crippen molar-refractivity contribution >= 4 is 27.7 Å². The molecule has 272 valence electrons. The van der Waals surface area contributed by atoms with Crippen molar-refractivity contribution in [3.63, 3.8) is 0 Å². The van der Waals surface area contributed by atoms with Gasteiger partial charge in [-0.2, -0.15) is 0 Å². The van der Waals surface area contributed by atoms with Crippen molar-refractivity contribution < 1.29 is 36.7 Å². The van der Waals surface area contributed by atoms with Gasteiger partial charge >= 0.3 is 0 Å². The van der Waals surface area contributed by atoms with Crippen molar-refractivity contribution in [2.45, 2.75) is 63.5 Å². The molecule has 0 aromatic heterocycles. The predicted octanol–water partition coefficient (Wildman–Crippen LogP) is 3.78. The maximum atomic E-state index is 14.2. The lowest BCUT2D eigenvalue weighted by Crippen LogP contribution is -2.53. The Hall–Kier alpha value is -4.24. The van der Waals surface area contributed by atoms with Gasteiger partial charge in [0.2, 0.25) is 15.9 Å². The van der Waals surface area contributed by atoms with E-state index in [9.17, 15) is 36.7 Å². The lowest BCUT2D eigenvalue weighted by molar-refractivity contribution is -0.125. The summed E-state index contributed by atoms with van der Waals surface area (Å²) in [4.78, 5) is 41.5. The molecule has 2 atom stereocenters. The summed E-state index contributed by atoms with van der Waals surface area (Å²) < 4.78 is 55.7. The van der Waals surface area contributed by atoms with Gasteiger partial charge in [0.05, 0.1) is 23.5 Å². The second-order valence-electron chi connectivity index (χ2n) is 12.2. The number of rotatable bonds is 18. The molecule has 0 aliphatic rings. The van der Waals surface area contributed by atoms with Crippen LogP contribution >= 0.6 is 0 Å². The van der Waals surface area contributed by atoms with E-state index in [0.717, 1.165) is 28.1 Å². The van der Waals surface area contributed by atoms with Crippen LogP contribution in [-0.2, 0) is 27.7 Å². The van der Waals surface area contributed by atoms with E-state index in [4.69, 9.17) is 0 Å². The lowest BCUT2D eigenvalue weighted by Gasteiger charge is -2.30. The fourth-order valence-corrected chi connectivity index (χ4v) is 6.35. The Morgan fingerprint density at radius 3 is 2.00 bits per heavy atom. The number of aliphatic hydroxyl groups excluding tert-OH is 1. The molecule has 11 nitrogen and oxygen atoms in total. The minimum atomic E-state index is -4.09. The molecule has 0 heterocycles. The summed E-state index contributed by atoms with van der Waals surface area (Å²) >= 11 is 0. The standard InChI is InChI=1S/C36H47F2N5O6S/c1-6-14-42(15-7-2)36(47)28-20-27(21-31(22-28)50(48,49)41(4)5)35(46)39-32(18-26-16-29(37)23-30(38)17-26)33(44)24-43(8-3)40-34(45)19-25-12-10-9-11-13-25/h9-13,16-17,20-23,32-33,44H,6-8,14-15,18-19,24H2,1-5H3,(H,39,46)(H,40,45). The van der Waals surface area contributed by atoms with Crippen LogP contribution in [0.4, 0.5) is 8.78 Å². The molecule has 3 aromatic rings. The minimum Gasteiger partial charge on any atom is -0.390 e. The molecule has 3 aromatic carbocycles. The monoisotopic (exact) mass is 715 g/mol. The zero-order valence-electron chi connectivity index (χ0n) is 29.2. The van der Waals surface area contributed by atoms with Crippen molar-refractivity contribution in [3.05, 3.63) is 101 Å². The van der Waals surface area contributed by atoms with Gasteiger partial charge in [0.15, 0.2) is 0 Å². The summed E-state index contributed by atoms with van der Waals surface area (Å²) in [5.41, 5.74) is 3.48. The number of amides is 3. The molecular weight excluding hydrogens is 668 g/mol. The van der Waals surface area contributed by atoms with Crippen molar-refractivity contribution in [1.82, 2.24) is 25.0 Å². The van der Waals surface area contributed by atoms with E-state index in [-0.39, 0.29) is 53.4 Å². The van der Waals surface area contributed by atoms with Crippen LogP contribution in [0.2, 0.25) is 0 Å². The Morgan fingerprint density at radius 1 is 0.840 bits per heavy atom. The molecular formula is C36H47F2N5O6S. The first-order chi connectivity index (χ1) is 23.7. The van der Waals surface area contributed by atoms with E-state index in [1.165, 1.54) is 31.2 Å². The summed E-state index contributed by atoms with van der Waals surface area (Å²) in [5.74, 6) is -3.32. The maximum Gasteiger partial charge on any atom is 0.253 e. The first kappa shape index (κ1) is 40.2. The SMILES string of the molecule is CCCN(CCC)C(=O)c1cc(C(=O)NC(Cc2cc(F)cc(F)c2)C(O)CN(CC)NC(=O)Cc2ccccc2)cc(S(=O)(=O)N(C)C)c1. The van der Waals surface area contributed by atoms with Gasteiger partial charge in [-0.05, 0) is 60.7 Å². The summed E-state index contributed by atoms with van der Waals surface area (Å²) in [6, 6.07) is 14.4. The molecule has 3 amide bonds. The molecule has 0 spiro atoms. The molecule has 14 heteroatoms. The molecule has 0 saturated carbocycles. The van der Waals surface area contributed by atoms with Gasteiger partial charge in [-0.3, -0.25) is 19.8 Å². The number of hydrogen-bond donors (Lipinski definition) is 3. The average molecular weight is 716 g/mol. The number of sulfonamides is 1. The van der Waals surface area contributed by atoms with Crippen LogP contribution < -0.4 is 10.7 Å². The van der Waals surface area contributed by atoms with Gasteiger partial charge in [0, 0.05) is 57.5 Å². The number of aliphatic hydroxyl groups is 1. The molecule has 0 aliphatic carbocycles. The first-order valence-electron chi connectivity index (χ1n) is 16.6. The van der Waals surface area contributed by atoms with Crippen LogP contribution in [0.15, 0.2) is 71.6 Å². The van der Waals surface area contributed by atoms with E-state index in [2.05, 4.69) is 10.7 Å². The number of nitrogens with zero attached hydrogens (tertiary/aromatic N) is 3. The highest BCUT2D eigenvalue weighted by Crippen LogP contribution is 2.21. The highest BCUT2D eigenvalue weighted by atomic mass is 32.2. The number of carbonyl (C=O) groups excluding carboxylic acids is 3. The molecule has 0 fully saturated rings. The second-order valence-corrected chi connectivity index (χ2v) is 14.3. The van der Waals surface area contributed by atoms with Crippen molar-refractivity contribution in [2.75, 3.05) is 40.3 Å². The fraction of sp³-hybridized carbons (Fsp3) is 0.417. The number of nitrogens with one attached hydrogen (secondary N) is 2. The molecule has 50 heavy (non-hydrogen) atoms. The molecule has 0 saturated heterocycles. The summed E-state index contributed by atoms with van der Waals surface area (Å²) in [6.07, 6.45) is -0.203. The lowest BCUT2D eigenvalue weighted by atomic mass is 9.99. The zero-order chi connectivity index (χ0) is 37.0. The first-order valence-corrected chi connectivity index (χ1v) is 18.0. The quantitative estimate of drug-likeness (QED) is 0.171. The molecule has 3 rings (SSSR count). The Kier molecular flexibility index (Phi) is 15.0. The Morgan fingerprint density at radius 2 is 1.44 bits per heavy atom. The number of halogens is 2. The second kappa shape index (κ2) is 18.7. The summed E-state index contributed by atoms with van der Waals surface area (Å²) in [5, 5.41) is 15.6. The highest BCUT2D eigenvalue weighted by Gasteiger charge is 2.28. The van der Waals surface area contributed by atoms with Gasteiger partial charge in [-0.25, -0.2) is 26.5 Å². The average Bonchev–Trinajstić information content (AvgIpc) is 3.06. The van der Waals surface area contributed by atoms with Gasteiger partial charge in [-0.15, -0.1) is 0 Å². The van der Waals surface area contributed by atoms with Gasteiger partial charge < -0.3 is 15.3 Å². The summed E-state index contributed by atoms with van der Waals surface area (Å²) in [7, 11) is -1.44. The molecule has 2 unspecified atom stereocenters. The van der Waals surface area contributed by atoms with Crippen LogP contribution in [0.5, 0.6) is 0 Å². The van der Waals surface area contributed by atoms with E-state index in [0.29, 0.717) is 32.0 Å². The largest absolute Gasteiger partial charge is 0.390 e. The molecule has 3 N–H and O–H groups in total. The van der Waals surface area contributed by atoms with E-state index in [1.54, 1.807) is 24.0 Å². The van der Waals surface area contributed by atoms with Crippen molar-refractivity contribution in [1.29, 1.82) is 0 Å². The normalized spacial score (nSPS) is 12.8. The molecule has 0 radical (unpaired) electrons. The topological polar surface area (TPSA) is 139 Å². The van der Waals surface area contributed by atoms with E-state index >= 15 is 0 Å². The summed E-state index contributed by atoms with van der Waals surface area (Å²) in [6.45, 7) is 6.51. The third-order valence-corrected chi connectivity index (χ3v) is 9.70. The Labute approximate surface area is 293 Å². The zero-order valence-corrected chi connectivity index (χ0v) is 30.0. The van der Waals surface area contributed by atoms with Gasteiger partial charge in [0.25, 0.3) is 11.8 Å². The highest BCUT2D eigenvalue weighted by molar-refractivity contribution is 7.89. The van der Waals surface area contributed by atoms with E-state index < -0.39 is 45.6 Å². The number of benzene rings is 3. The Balaban J connectivity index is 1.97. The molecule has 0 aliphatic heterocycles. The minimum absolute atomic E-state index is 0.0115. The Bertz CT molecular complexity index is 1700. The number of hydrogen-bond acceptors (Lipinski definition) is 7. The number of likely N-dealkylation sites (N-methyl/N-ethyl adjacent to an activating group) is 1. The smallest absolute Gasteiger partial charge is 0.253 e. The third kappa shape index (κ3) is 11.4. The number of carbonyl (C=O) groups is 3. The van der Waals surface area contributed by atoms with Gasteiger partial charge in [-0.1, -0.05) is 51.1 Å².